The highest BCUT2D eigenvalue weighted by Gasteiger charge is 2.22. The van der Waals surface area contributed by atoms with Crippen LogP contribution in [-0.2, 0) is 17.6 Å². The van der Waals surface area contributed by atoms with Gasteiger partial charge < -0.3 is 4.90 Å². The van der Waals surface area contributed by atoms with Gasteiger partial charge in [0.05, 0.1) is 0 Å². The van der Waals surface area contributed by atoms with Crippen LogP contribution in [0, 0.1) is 5.92 Å². The number of likely N-dealkylation sites (tertiary alicyclic amines) is 1. The number of carbonyl (C=O) groups excluding carboxylic acids is 1. The minimum atomic E-state index is 0.102. The quantitative estimate of drug-likeness (QED) is 0.811. The molecular weight excluding hydrogens is 234 g/mol. The molecule has 0 aliphatic carbocycles. The van der Waals surface area contributed by atoms with E-state index in [9.17, 15) is 4.79 Å². The summed E-state index contributed by atoms with van der Waals surface area (Å²) in [4.78, 5) is 14.4. The van der Waals surface area contributed by atoms with Gasteiger partial charge in [-0.05, 0) is 43.2 Å². The lowest BCUT2D eigenvalue weighted by Gasteiger charge is -2.29. The summed E-state index contributed by atoms with van der Waals surface area (Å²) in [6, 6.07) is 8.68. The van der Waals surface area contributed by atoms with Gasteiger partial charge in [-0.2, -0.15) is 0 Å². The summed E-state index contributed by atoms with van der Waals surface area (Å²) >= 11 is 0. The maximum atomic E-state index is 12.4. The van der Waals surface area contributed by atoms with Crippen molar-refractivity contribution in [3.8, 4) is 0 Å². The second-order valence-electron chi connectivity index (χ2n) is 5.66. The highest BCUT2D eigenvalue weighted by molar-refractivity contribution is 5.78. The first-order chi connectivity index (χ1) is 9.20. The highest BCUT2D eigenvalue weighted by atomic mass is 16.2. The van der Waals surface area contributed by atoms with E-state index in [4.69, 9.17) is 0 Å². The van der Waals surface area contributed by atoms with Crippen molar-refractivity contribution in [1.82, 2.24) is 4.90 Å². The number of benzene rings is 1. The van der Waals surface area contributed by atoms with Crippen LogP contribution < -0.4 is 0 Å². The fourth-order valence-corrected chi connectivity index (χ4v) is 2.78. The van der Waals surface area contributed by atoms with E-state index >= 15 is 0 Å². The summed E-state index contributed by atoms with van der Waals surface area (Å²) < 4.78 is 0. The Labute approximate surface area is 116 Å². The molecular formula is C17H25NO. The van der Waals surface area contributed by atoms with Gasteiger partial charge in [-0.1, -0.05) is 38.1 Å². The van der Waals surface area contributed by atoms with E-state index < -0.39 is 0 Å². The molecule has 0 saturated carbocycles. The van der Waals surface area contributed by atoms with Crippen LogP contribution in [-0.4, -0.2) is 23.9 Å². The average molecular weight is 259 g/mol. The van der Waals surface area contributed by atoms with Gasteiger partial charge in [0.2, 0.25) is 5.91 Å². The third kappa shape index (κ3) is 3.82. The van der Waals surface area contributed by atoms with E-state index in [1.54, 1.807) is 0 Å². The van der Waals surface area contributed by atoms with Crippen molar-refractivity contribution in [2.45, 2.75) is 46.0 Å². The van der Waals surface area contributed by atoms with Crippen molar-refractivity contribution in [3.63, 3.8) is 0 Å². The average Bonchev–Trinajstić information content (AvgIpc) is 2.48. The van der Waals surface area contributed by atoms with Crippen molar-refractivity contribution < 1.29 is 4.79 Å². The lowest BCUT2D eigenvalue weighted by atomic mass is 9.97. The van der Waals surface area contributed by atoms with E-state index in [2.05, 4.69) is 43.0 Å². The predicted molar refractivity (Wildman–Crippen MR) is 79.1 cm³/mol. The summed E-state index contributed by atoms with van der Waals surface area (Å²) in [6.45, 7) is 6.14. The molecule has 2 heteroatoms. The van der Waals surface area contributed by atoms with Gasteiger partial charge >= 0.3 is 0 Å². The Morgan fingerprint density at radius 2 is 1.68 bits per heavy atom. The Hall–Kier alpha value is -1.31. The summed E-state index contributed by atoms with van der Waals surface area (Å²) in [6.07, 6.45) is 5.55. The van der Waals surface area contributed by atoms with Crippen molar-refractivity contribution in [2.24, 2.45) is 5.92 Å². The van der Waals surface area contributed by atoms with Crippen molar-refractivity contribution in [3.05, 3.63) is 35.4 Å². The Bertz CT molecular complexity index is 404. The summed E-state index contributed by atoms with van der Waals surface area (Å²) in [5.74, 6) is 0.435. The number of hydrogen-bond acceptors (Lipinski definition) is 1. The molecule has 1 aliphatic heterocycles. The van der Waals surface area contributed by atoms with Crippen LogP contribution in [0.5, 0.6) is 0 Å². The molecule has 1 fully saturated rings. The molecule has 104 valence electrons. The van der Waals surface area contributed by atoms with Crippen LogP contribution in [0.3, 0.4) is 0 Å². The number of rotatable bonds is 4. The minimum absolute atomic E-state index is 0.102. The molecule has 0 bridgehead atoms. The molecule has 1 aliphatic rings. The van der Waals surface area contributed by atoms with Gasteiger partial charge in [0, 0.05) is 19.0 Å². The number of nitrogens with zero attached hydrogens (tertiary/aromatic N) is 1. The van der Waals surface area contributed by atoms with Gasteiger partial charge in [-0.15, -0.1) is 0 Å². The van der Waals surface area contributed by atoms with Crippen LogP contribution in [0.25, 0.3) is 0 Å². The third-order valence-electron chi connectivity index (χ3n) is 4.06. The predicted octanol–water partition coefficient (Wildman–Crippen LogP) is 3.44. The van der Waals surface area contributed by atoms with Gasteiger partial charge in [-0.25, -0.2) is 0 Å². The molecule has 0 radical (unpaired) electrons. The summed E-state index contributed by atoms with van der Waals surface area (Å²) in [5.41, 5.74) is 2.63. The fraction of sp³-hybridized carbons (Fsp3) is 0.588. The molecule has 1 unspecified atom stereocenters. The van der Waals surface area contributed by atoms with Gasteiger partial charge in [0.25, 0.3) is 0 Å². The zero-order valence-electron chi connectivity index (χ0n) is 12.2. The minimum Gasteiger partial charge on any atom is -0.342 e. The molecule has 0 N–H and O–H groups in total. The number of amides is 1. The van der Waals surface area contributed by atoms with E-state index in [-0.39, 0.29) is 5.92 Å². The highest BCUT2D eigenvalue weighted by Crippen LogP contribution is 2.16. The Morgan fingerprint density at radius 1 is 1.11 bits per heavy atom. The van der Waals surface area contributed by atoms with Crippen LogP contribution in [0.4, 0.5) is 0 Å². The van der Waals surface area contributed by atoms with E-state index in [0.717, 1.165) is 25.9 Å². The monoisotopic (exact) mass is 259 g/mol. The summed E-state index contributed by atoms with van der Waals surface area (Å²) in [5, 5.41) is 0. The lowest BCUT2D eigenvalue weighted by molar-refractivity contribution is -0.135. The molecule has 0 spiro atoms. The Kier molecular flexibility index (Phi) is 5.00. The van der Waals surface area contributed by atoms with Crippen molar-refractivity contribution in [1.29, 1.82) is 0 Å². The maximum absolute atomic E-state index is 12.4. The molecule has 1 aromatic rings. The molecule has 1 atom stereocenters. The zero-order valence-corrected chi connectivity index (χ0v) is 12.2. The molecule has 0 aromatic heterocycles. The largest absolute Gasteiger partial charge is 0.342 e. The normalized spacial score (nSPS) is 17.3. The van der Waals surface area contributed by atoms with Gasteiger partial charge in [0.15, 0.2) is 0 Å². The first-order valence-electron chi connectivity index (χ1n) is 7.57. The second kappa shape index (κ2) is 6.74. The standard InChI is InChI=1S/C17H25NO/c1-3-15-7-9-16(10-8-15)13-14(2)17(19)18-11-5-4-6-12-18/h7-10,14H,3-6,11-13H2,1-2H3. The van der Waals surface area contributed by atoms with E-state index in [1.165, 1.54) is 30.4 Å². The summed E-state index contributed by atoms with van der Waals surface area (Å²) in [7, 11) is 0. The Balaban J connectivity index is 1.91. The number of piperidine rings is 1. The smallest absolute Gasteiger partial charge is 0.225 e. The first-order valence-corrected chi connectivity index (χ1v) is 7.57. The lowest BCUT2D eigenvalue weighted by Crippen LogP contribution is -2.39. The molecule has 2 rings (SSSR count). The van der Waals surface area contributed by atoms with Crippen LogP contribution in [0.15, 0.2) is 24.3 Å². The molecule has 1 amide bonds. The van der Waals surface area contributed by atoms with Gasteiger partial charge in [-0.3, -0.25) is 4.79 Å². The zero-order chi connectivity index (χ0) is 13.7. The number of carbonyl (C=O) groups is 1. The van der Waals surface area contributed by atoms with Crippen LogP contribution in [0.2, 0.25) is 0 Å². The molecule has 19 heavy (non-hydrogen) atoms. The first kappa shape index (κ1) is 14.1. The topological polar surface area (TPSA) is 20.3 Å². The fourth-order valence-electron chi connectivity index (χ4n) is 2.78. The number of aryl methyl sites for hydroxylation is 1. The van der Waals surface area contributed by atoms with Crippen LogP contribution in [0.1, 0.15) is 44.2 Å². The molecule has 2 nitrogen and oxygen atoms in total. The third-order valence-corrected chi connectivity index (χ3v) is 4.06. The van der Waals surface area contributed by atoms with E-state index in [1.807, 2.05) is 0 Å². The maximum Gasteiger partial charge on any atom is 0.225 e. The van der Waals surface area contributed by atoms with Crippen molar-refractivity contribution in [2.75, 3.05) is 13.1 Å². The SMILES string of the molecule is CCc1ccc(CC(C)C(=O)N2CCCCC2)cc1. The van der Waals surface area contributed by atoms with Gasteiger partial charge in [0.1, 0.15) is 0 Å². The van der Waals surface area contributed by atoms with E-state index in [0.29, 0.717) is 5.91 Å². The molecule has 1 aromatic carbocycles. The molecule has 1 saturated heterocycles. The van der Waals surface area contributed by atoms with Crippen LogP contribution >= 0.6 is 0 Å². The molecule has 1 heterocycles. The second-order valence-corrected chi connectivity index (χ2v) is 5.66. The Morgan fingerprint density at radius 3 is 2.26 bits per heavy atom. The number of hydrogen-bond donors (Lipinski definition) is 0. The van der Waals surface area contributed by atoms with Crippen molar-refractivity contribution >= 4 is 5.91 Å².